The second-order valence-electron chi connectivity index (χ2n) is 6.89. The van der Waals surface area contributed by atoms with Crippen LogP contribution in [0.4, 0.5) is 14.6 Å². The van der Waals surface area contributed by atoms with Gasteiger partial charge in [0.25, 0.3) is 0 Å². The van der Waals surface area contributed by atoms with Crippen molar-refractivity contribution in [3.63, 3.8) is 0 Å². The van der Waals surface area contributed by atoms with Crippen LogP contribution in [0.15, 0.2) is 36.7 Å². The van der Waals surface area contributed by atoms with E-state index in [0.717, 1.165) is 17.3 Å². The highest BCUT2D eigenvalue weighted by atomic mass is 35.5. The van der Waals surface area contributed by atoms with Crippen LogP contribution >= 0.6 is 11.6 Å². The van der Waals surface area contributed by atoms with E-state index in [9.17, 15) is 13.6 Å². The van der Waals surface area contributed by atoms with Gasteiger partial charge in [-0.3, -0.25) is 4.79 Å². The Kier molecular flexibility index (Phi) is 5.32. The Balaban J connectivity index is 1.70. The monoisotopic (exact) mass is 416 g/mol. The number of hydrogen-bond donors (Lipinski definition) is 0. The van der Waals surface area contributed by atoms with Crippen LogP contribution < -0.4 is 4.90 Å². The fourth-order valence-corrected chi connectivity index (χ4v) is 3.89. The van der Waals surface area contributed by atoms with Crippen LogP contribution in [0, 0.1) is 11.6 Å². The molecule has 0 N–H and O–H groups in total. The number of carbonyl (C=O) groups excluding carboxylic acids is 1. The fourth-order valence-electron chi connectivity index (χ4n) is 3.62. The van der Waals surface area contributed by atoms with Crippen LogP contribution in [-0.4, -0.2) is 47.0 Å². The number of rotatable bonds is 3. The third kappa shape index (κ3) is 3.74. The highest BCUT2D eigenvalue weighted by molar-refractivity contribution is 6.34. The lowest BCUT2D eigenvalue weighted by molar-refractivity contribution is -0.131. The van der Waals surface area contributed by atoms with E-state index in [2.05, 4.69) is 14.9 Å². The van der Waals surface area contributed by atoms with Gasteiger partial charge in [0.1, 0.15) is 23.8 Å². The lowest BCUT2D eigenvalue weighted by Gasteiger charge is -2.35. The summed E-state index contributed by atoms with van der Waals surface area (Å²) >= 11 is 6.46. The predicted octanol–water partition coefficient (Wildman–Crippen LogP) is 4.29. The lowest BCUT2D eigenvalue weighted by atomic mass is 10.0. The number of amides is 1. The summed E-state index contributed by atoms with van der Waals surface area (Å²) in [6.07, 6.45) is 1.95. The summed E-state index contributed by atoms with van der Waals surface area (Å²) in [7, 11) is 0. The van der Waals surface area contributed by atoms with Gasteiger partial charge >= 0.3 is 0 Å². The molecule has 1 aliphatic rings. The number of aromatic nitrogens is 2. The number of piperazine rings is 1. The molecule has 2 aromatic carbocycles. The van der Waals surface area contributed by atoms with Crippen molar-refractivity contribution >= 4 is 34.2 Å². The molecule has 150 valence electrons. The van der Waals surface area contributed by atoms with E-state index in [1.54, 1.807) is 12.1 Å². The molecule has 4 rings (SSSR count). The summed E-state index contributed by atoms with van der Waals surface area (Å²) in [5.41, 5.74) is 1.27. The topological polar surface area (TPSA) is 49.3 Å². The van der Waals surface area contributed by atoms with Gasteiger partial charge in [-0.15, -0.1) is 0 Å². The van der Waals surface area contributed by atoms with E-state index in [4.69, 9.17) is 11.6 Å². The third-order valence-electron chi connectivity index (χ3n) is 5.16. The average Bonchev–Trinajstić information content (AvgIpc) is 2.73. The molecule has 8 heteroatoms. The van der Waals surface area contributed by atoms with Gasteiger partial charge in [-0.05, 0) is 24.3 Å². The normalized spacial score (nSPS) is 14.5. The first-order valence-electron chi connectivity index (χ1n) is 9.40. The molecular weight excluding hydrogens is 398 g/mol. The Morgan fingerprint density at radius 1 is 1.07 bits per heavy atom. The minimum atomic E-state index is -0.683. The average molecular weight is 417 g/mol. The SMILES string of the molecule is CCC(=O)N1CCN(c2ncnc3cc(-c4ccc(F)cc4F)c(Cl)cc23)CC1. The number of benzene rings is 2. The van der Waals surface area contributed by atoms with Gasteiger partial charge in [0.05, 0.1) is 5.52 Å². The number of anilines is 1. The van der Waals surface area contributed by atoms with Crippen molar-refractivity contribution < 1.29 is 13.6 Å². The molecule has 3 aromatic rings. The molecule has 1 aromatic heterocycles. The summed E-state index contributed by atoms with van der Waals surface area (Å²) in [6, 6.07) is 6.80. The summed E-state index contributed by atoms with van der Waals surface area (Å²) in [5.74, 6) is -0.455. The van der Waals surface area contributed by atoms with Gasteiger partial charge in [-0.1, -0.05) is 18.5 Å². The maximum atomic E-state index is 14.2. The van der Waals surface area contributed by atoms with Gasteiger partial charge in [0, 0.05) is 60.2 Å². The Bertz CT molecular complexity index is 1080. The van der Waals surface area contributed by atoms with E-state index >= 15 is 0 Å². The number of hydrogen-bond acceptors (Lipinski definition) is 4. The van der Waals surface area contributed by atoms with Crippen molar-refractivity contribution in [2.45, 2.75) is 13.3 Å². The molecule has 0 atom stereocenters. The van der Waals surface area contributed by atoms with Crippen molar-refractivity contribution in [2.24, 2.45) is 0 Å². The quantitative estimate of drug-likeness (QED) is 0.639. The molecule has 1 amide bonds. The van der Waals surface area contributed by atoms with Crippen LogP contribution in [0.3, 0.4) is 0 Å². The molecule has 1 saturated heterocycles. The maximum Gasteiger partial charge on any atom is 0.222 e. The highest BCUT2D eigenvalue weighted by Gasteiger charge is 2.23. The molecule has 29 heavy (non-hydrogen) atoms. The second kappa shape index (κ2) is 7.91. The van der Waals surface area contributed by atoms with Crippen molar-refractivity contribution in [3.05, 3.63) is 53.3 Å². The van der Waals surface area contributed by atoms with E-state index in [-0.39, 0.29) is 11.5 Å². The summed E-state index contributed by atoms with van der Waals surface area (Å²) in [4.78, 5) is 24.6. The van der Waals surface area contributed by atoms with Crippen molar-refractivity contribution in [1.29, 1.82) is 0 Å². The minimum absolute atomic E-state index is 0.145. The van der Waals surface area contributed by atoms with Gasteiger partial charge in [0.15, 0.2) is 0 Å². The highest BCUT2D eigenvalue weighted by Crippen LogP contribution is 2.36. The molecular formula is C21H19ClF2N4O. The molecule has 0 spiro atoms. The van der Waals surface area contributed by atoms with Gasteiger partial charge in [-0.25, -0.2) is 18.7 Å². The smallest absolute Gasteiger partial charge is 0.222 e. The summed E-state index contributed by atoms with van der Waals surface area (Å²) < 4.78 is 27.5. The van der Waals surface area contributed by atoms with Crippen LogP contribution in [0.25, 0.3) is 22.0 Å². The van der Waals surface area contributed by atoms with Crippen LogP contribution in [-0.2, 0) is 4.79 Å². The molecule has 0 unspecified atom stereocenters. The van der Waals surface area contributed by atoms with E-state index in [0.29, 0.717) is 48.7 Å². The molecule has 0 bridgehead atoms. The Morgan fingerprint density at radius 3 is 2.52 bits per heavy atom. The number of carbonyl (C=O) groups is 1. The Labute approximate surface area is 171 Å². The van der Waals surface area contributed by atoms with Crippen molar-refractivity contribution in [1.82, 2.24) is 14.9 Å². The second-order valence-corrected chi connectivity index (χ2v) is 7.30. The van der Waals surface area contributed by atoms with Crippen LogP contribution in [0.5, 0.6) is 0 Å². The first-order valence-corrected chi connectivity index (χ1v) is 9.78. The van der Waals surface area contributed by atoms with Crippen LogP contribution in [0.1, 0.15) is 13.3 Å². The zero-order valence-corrected chi connectivity index (χ0v) is 16.6. The predicted molar refractivity (Wildman–Crippen MR) is 109 cm³/mol. The van der Waals surface area contributed by atoms with Crippen molar-refractivity contribution in [2.75, 3.05) is 31.1 Å². The Morgan fingerprint density at radius 2 is 1.83 bits per heavy atom. The zero-order chi connectivity index (χ0) is 20.5. The third-order valence-corrected chi connectivity index (χ3v) is 5.47. The molecule has 5 nitrogen and oxygen atoms in total. The minimum Gasteiger partial charge on any atom is -0.352 e. The molecule has 1 aliphatic heterocycles. The van der Waals surface area contributed by atoms with E-state index in [1.165, 1.54) is 18.5 Å². The lowest BCUT2D eigenvalue weighted by Crippen LogP contribution is -2.48. The molecule has 0 aliphatic carbocycles. The molecule has 0 saturated carbocycles. The van der Waals surface area contributed by atoms with Gasteiger partial charge in [-0.2, -0.15) is 0 Å². The standard InChI is InChI=1S/C21H19ClF2N4O/c1-2-20(29)27-5-7-28(8-6-27)21-16-10-17(22)15(11-19(16)25-12-26-21)14-4-3-13(23)9-18(14)24/h3-4,9-12H,2,5-8H2,1H3. The van der Waals surface area contributed by atoms with Crippen LogP contribution in [0.2, 0.25) is 5.02 Å². The number of halogens is 3. The molecule has 0 radical (unpaired) electrons. The summed E-state index contributed by atoms with van der Waals surface area (Å²) in [6.45, 7) is 4.43. The first-order chi connectivity index (χ1) is 14.0. The van der Waals surface area contributed by atoms with E-state index in [1.807, 2.05) is 11.8 Å². The summed E-state index contributed by atoms with van der Waals surface area (Å²) in [5, 5.41) is 1.08. The van der Waals surface area contributed by atoms with Crippen molar-refractivity contribution in [3.8, 4) is 11.1 Å². The molecule has 2 heterocycles. The van der Waals surface area contributed by atoms with Gasteiger partial charge in [0.2, 0.25) is 5.91 Å². The number of nitrogens with zero attached hydrogens (tertiary/aromatic N) is 4. The number of fused-ring (bicyclic) bond motifs is 1. The van der Waals surface area contributed by atoms with Gasteiger partial charge < -0.3 is 9.80 Å². The molecule has 1 fully saturated rings. The Hall–Kier alpha value is -2.80. The zero-order valence-electron chi connectivity index (χ0n) is 15.8. The van der Waals surface area contributed by atoms with E-state index < -0.39 is 11.6 Å². The largest absolute Gasteiger partial charge is 0.352 e. The fraction of sp³-hybridized carbons (Fsp3) is 0.286. The maximum absolute atomic E-state index is 14.2. The first kappa shape index (κ1) is 19.5.